The third kappa shape index (κ3) is 4.99. The number of nitrogens with one attached hydrogen (secondary N) is 1. The molecule has 3 N–H and O–H groups in total. The second-order valence-electron chi connectivity index (χ2n) is 5.85. The number of aliphatic hydroxyl groups is 1. The summed E-state index contributed by atoms with van der Waals surface area (Å²) in [6, 6.07) is 1.66. The molecule has 1 saturated heterocycles. The van der Waals surface area contributed by atoms with Gasteiger partial charge in [0.15, 0.2) is 0 Å². The predicted octanol–water partition coefficient (Wildman–Crippen LogP) is 0.539. The van der Waals surface area contributed by atoms with Gasteiger partial charge in [-0.25, -0.2) is 9.78 Å². The molecule has 8 nitrogen and oxygen atoms in total. The number of halogens is 3. The highest BCUT2D eigenvalue weighted by Gasteiger charge is 2.38. The molecular formula is C15H17F3N4O4. The van der Waals surface area contributed by atoms with Gasteiger partial charge in [0.2, 0.25) is 0 Å². The van der Waals surface area contributed by atoms with Gasteiger partial charge in [-0.3, -0.25) is 14.3 Å². The van der Waals surface area contributed by atoms with E-state index in [4.69, 9.17) is 9.90 Å². The van der Waals surface area contributed by atoms with Gasteiger partial charge in [-0.05, 0) is 32.0 Å². The zero-order valence-corrected chi connectivity index (χ0v) is 13.5. The Morgan fingerprint density at radius 2 is 1.96 bits per heavy atom. The van der Waals surface area contributed by atoms with E-state index in [1.165, 1.54) is 10.9 Å². The van der Waals surface area contributed by atoms with E-state index in [9.17, 15) is 23.1 Å². The van der Waals surface area contributed by atoms with E-state index >= 15 is 0 Å². The molecule has 1 fully saturated rings. The highest BCUT2D eigenvalue weighted by atomic mass is 19.4. The van der Waals surface area contributed by atoms with E-state index in [0.29, 0.717) is 30.3 Å². The van der Waals surface area contributed by atoms with E-state index in [-0.39, 0.29) is 5.56 Å². The van der Waals surface area contributed by atoms with Crippen molar-refractivity contribution < 1.29 is 28.2 Å². The molecular weight excluding hydrogens is 357 g/mol. The van der Waals surface area contributed by atoms with Crippen molar-refractivity contribution in [2.24, 2.45) is 0 Å². The van der Waals surface area contributed by atoms with E-state index in [0.717, 1.165) is 13.1 Å². The molecule has 26 heavy (non-hydrogen) atoms. The summed E-state index contributed by atoms with van der Waals surface area (Å²) in [4.78, 5) is 29.4. The summed E-state index contributed by atoms with van der Waals surface area (Å²) in [5.41, 5.74) is -0.363. The van der Waals surface area contributed by atoms with Crippen LogP contribution in [0.5, 0.6) is 0 Å². The van der Waals surface area contributed by atoms with Crippen LogP contribution in [-0.4, -0.2) is 55.6 Å². The molecule has 0 aromatic carbocycles. The summed E-state index contributed by atoms with van der Waals surface area (Å²) in [5.74, 6) is -2.76. The lowest BCUT2D eigenvalue weighted by molar-refractivity contribution is -0.192. The monoisotopic (exact) mass is 374 g/mol. The zero-order valence-electron chi connectivity index (χ0n) is 13.5. The SMILES string of the molecule is O=C(O)C(F)(F)F.O=c1c2ccncc2ncn1CC1(O)CCNCC1. The summed E-state index contributed by atoms with van der Waals surface area (Å²) in [7, 11) is 0. The van der Waals surface area contributed by atoms with Crippen LogP contribution in [0.15, 0.2) is 29.6 Å². The molecule has 0 aliphatic carbocycles. The molecule has 0 saturated carbocycles. The number of nitrogens with zero attached hydrogens (tertiary/aromatic N) is 3. The largest absolute Gasteiger partial charge is 0.490 e. The summed E-state index contributed by atoms with van der Waals surface area (Å²) in [6.07, 6.45) is 0.851. The van der Waals surface area contributed by atoms with Crippen LogP contribution in [0.4, 0.5) is 13.2 Å². The minimum atomic E-state index is -5.08. The molecule has 0 amide bonds. The number of fused-ring (bicyclic) bond motifs is 1. The lowest BCUT2D eigenvalue weighted by Gasteiger charge is -2.32. The van der Waals surface area contributed by atoms with E-state index < -0.39 is 17.7 Å². The van der Waals surface area contributed by atoms with Crippen molar-refractivity contribution in [1.29, 1.82) is 0 Å². The van der Waals surface area contributed by atoms with Crippen LogP contribution in [-0.2, 0) is 11.3 Å². The van der Waals surface area contributed by atoms with Gasteiger partial charge < -0.3 is 15.5 Å². The van der Waals surface area contributed by atoms with Crippen molar-refractivity contribution in [2.45, 2.75) is 31.2 Å². The van der Waals surface area contributed by atoms with Crippen LogP contribution >= 0.6 is 0 Å². The molecule has 2 aromatic heterocycles. The minimum absolute atomic E-state index is 0.126. The Labute approximate surface area is 145 Å². The van der Waals surface area contributed by atoms with E-state index in [1.54, 1.807) is 18.5 Å². The first kappa shape index (κ1) is 19.8. The van der Waals surface area contributed by atoms with Gasteiger partial charge in [0.1, 0.15) is 0 Å². The average Bonchev–Trinajstić information content (AvgIpc) is 2.58. The number of rotatable bonds is 2. The van der Waals surface area contributed by atoms with Crippen molar-refractivity contribution >= 4 is 16.9 Å². The van der Waals surface area contributed by atoms with E-state index in [1.807, 2.05) is 0 Å². The Hall–Kier alpha value is -2.53. The number of aliphatic carboxylic acids is 1. The fourth-order valence-corrected chi connectivity index (χ4v) is 2.49. The smallest absolute Gasteiger partial charge is 0.475 e. The molecule has 3 heterocycles. The normalized spacial score (nSPS) is 16.6. The van der Waals surface area contributed by atoms with Gasteiger partial charge >= 0.3 is 12.1 Å². The third-order valence-corrected chi connectivity index (χ3v) is 3.87. The second kappa shape index (κ2) is 7.79. The number of carboxylic acids is 1. The molecule has 3 rings (SSSR count). The van der Waals surface area contributed by atoms with Crippen LogP contribution in [0.25, 0.3) is 10.9 Å². The Balaban J connectivity index is 0.000000298. The molecule has 0 bridgehead atoms. The van der Waals surface area contributed by atoms with Crippen LogP contribution in [0.1, 0.15) is 12.8 Å². The fraction of sp³-hybridized carbons (Fsp3) is 0.467. The number of alkyl halides is 3. The molecule has 0 atom stereocenters. The Kier molecular flexibility index (Phi) is 5.93. The van der Waals surface area contributed by atoms with Gasteiger partial charge in [-0.2, -0.15) is 13.2 Å². The Morgan fingerprint density at radius 3 is 2.54 bits per heavy atom. The maximum absolute atomic E-state index is 12.3. The summed E-state index contributed by atoms with van der Waals surface area (Å²) >= 11 is 0. The zero-order chi connectivity index (χ0) is 19.4. The van der Waals surface area contributed by atoms with E-state index in [2.05, 4.69) is 15.3 Å². The first-order valence-electron chi connectivity index (χ1n) is 7.65. The summed E-state index contributed by atoms with van der Waals surface area (Å²) < 4.78 is 33.2. The van der Waals surface area contributed by atoms with Crippen molar-refractivity contribution in [3.05, 3.63) is 35.1 Å². The van der Waals surface area contributed by atoms with Gasteiger partial charge in [0, 0.05) is 6.20 Å². The quantitative estimate of drug-likeness (QED) is 0.702. The third-order valence-electron chi connectivity index (χ3n) is 3.87. The van der Waals surface area contributed by atoms with Crippen molar-refractivity contribution in [1.82, 2.24) is 19.9 Å². The van der Waals surface area contributed by atoms with Crippen LogP contribution < -0.4 is 10.9 Å². The number of hydrogen-bond acceptors (Lipinski definition) is 6. The number of carbonyl (C=O) groups is 1. The van der Waals surface area contributed by atoms with Gasteiger partial charge in [0.05, 0.1) is 35.6 Å². The number of hydrogen-bond donors (Lipinski definition) is 3. The van der Waals surface area contributed by atoms with Gasteiger partial charge in [0.25, 0.3) is 5.56 Å². The Morgan fingerprint density at radius 1 is 1.35 bits per heavy atom. The van der Waals surface area contributed by atoms with Crippen LogP contribution in [0.3, 0.4) is 0 Å². The maximum atomic E-state index is 12.3. The highest BCUT2D eigenvalue weighted by Crippen LogP contribution is 2.19. The second-order valence-corrected chi connectivity index (χ2v) is 5.85. The molecule has 1 aliphatic rings. The molecule has 1 aliphatic heterocycles. The predicted molar refractivity (Wildman–Crippen MR) is 84.5 cm³/mol. The standard InChI is InChI=1S/C13H16N4O2.C2HF3O2/c18-12-10-1-4-15-7-11(10)16-9-17(12)8-13(19)2-5-14-6-3-13;3-2(4,5)1(6)7/h1,4,7,9,14,19H,2-3,5-6,8H2;(H,6,7). The van der Waals surface area contributed by atoms with Crippen molar-refractivity contribution in [2.75, 3.05) is 13.1 Å². The molecule has 142 valence electrons. The van der Waals surface area contributed by atoms with Crippen molar-refractivity contribution in [3.8, 4) is 0 Å². The number of aromatic nitrogens is 3. The summed E-state index contributed by atoms with van der Waals surface area (Å²) in [5, 5.41) is 21.3. The average molecular weight is 374 g/mol. The molecule has 11 heteroatoms. The van der Waals surface area contributed by atoms with Crippen molar-refractivity contribution in [3.63, 3.8) is 0 Å². The Bertz CT molecular complexity index is 831. The molecule has 2 aromatic rings. The lowest BCUT2D eigenvalue weighted by atomic mass is 9.92. The number of pyridine rings is 1. The minimum Gasteiger partial charge on any atom is -0.475 e. The van der Waals surface area contributed by atoms with Crippen LogP contribution in [0, 0.1) is 0 Å². The highest BCUT2D eigenvalue weighted by molar-refractivity contribution is 5.75. The number of carboxylic acid groups (broad SMARTS) is 1. The van der Waals surface area contributed by atoms with Gasteiger partial charge in [-0.15, -0.1) is 0 Å². The number of piperidine rings is 1. The maximum Gasteiger partial charge on any atom is 0.490 e. The van der Waals surface area contributed by atoms with Gasteiger partial charge in [-0.1, -0.05) is 0 Å². The molecule has 0 unspecified atom stereocenters. The fourth-order valence-electron chi connectivity index (χ4n) is 2.49. The molecule has 0 spiro atoms. The first-order chi connectivity index (χ1) is 12.1. The van der Waals surface area contributed by atoms with Crippen LogP contribution in [0.2, 0.25) is 0 Å². The lowest BCUT2D eigenvalue weighted by Crippen LogP contribution is -2.46. The summed E-state index contributed by atoms with van der Waals surface area (Å²) in [6.45, 7) is 1.84. The molecule has 0 radical (unpaired) electrons. The first-order valence-corrected chi connectivity index (χ1v) is 7.65. The topological polar surface area (TPSA) is 117 Å².